The van der Waals surface area contributed by atoms with Crippen molar-refractivity contribution in [3.8, 4) is 12.1 Å². The van der Waals surface area contributed by atoms with Gasteiger partial charge >= 0.3 is 0 Å². The van der Waals surface area contributed by atoms with Crippen LogP contribution in [0.4, 0.5) is 0 Å². The third-order valence-electron chi connectivity index (χ3n) is 7.26. The molecule has 4 unspecified atom stereocenters. The fourth-order valence-corrected chi connectivity index (χ4v) is 6.22. The van der Waals surface area contributed by atoms with E-state index in [2.05, 4.69) is 43.5 Å². The van der Waals surface area contributed by atoms with Crippen molar-refractivity contribution in [1.82, 2.24) is 20.4 Å². The molecule has 1 aliphatic carbocycles. The van der Waals surface area contributed by atoms with Gasteiger partial charge in [-0.2, -0.15) is 10.5 Å². The van der Waals surface area contributed by atoms with E-state index in [0.717, 1.165) is 51.5 Å². The van der Waals surface area contributed by atoms with E-state index in [9.17, 15) is 20.1 Å². The summed E-state index contributed by atoms with van der Waals surface area (Å²) in [5.74, 6) is 0.0196. The number of nitrogens with zero attached hydrogens (tertiary/aromatic N) is 4. The smallest absolute Gasteiger partial charge is 0.237 e. The van der Waals surface area contributed by atoms with Crippen LogP contribution in [-0.4, -0.2) is 72.5 Å². The molecule has 1 saturated carbocycles. The van der Waals surface area contributed by atoms with Crippen LogP contribution in [0.2, 0.25) is 0 Å². The van der Waals surface area contributed by atoms with E-state index in [1.165, 1.54) is 0 Å². The molecule has 0 spiro atoms. The predicted octanol–water partition coefficient (Wildman–Crippen LogP) is 1.78. The Morgan fingerprint density at radius 3 is 2.06 bits per heavy atom. The van der Waals surface area contributed by atoms with Crippen LogP contribution < -0.4 is 10.6 Å². The number of hydrogen-bond donors (Lipinski definition) is 2. The van der Waals surface area contributed by atoms with Gasteiger partial charge in [-0.05, 0) is 55.8 Å². The van der Waals surface area contributed by atoms with Crippen LogP contribution in [0.3, 0.4) is 0 Å². The van der Waals surface area contributed by atoms with Crippen molar-refractivity contribution in [2.45, 2.75) is 83.8 Å². The summed E-state index contributed by atoms with van der Waals surface area (Å²) in [7, 11) is 0. The van der Waals surface area contributed by atoms with Crippen molar-refractivity contribution in [1.29, 1.82) is 10.5 Å². The Balaban J connectivity index is 1.50. The van der Waals surface area contributed by atoms with Gasteiger partial charge in [0.05, 0.1) is 25.2 Å². The normalized spacial score (nSPS) is 31.8. The molecular weight excluding hydrogens is 404 g/mol. The van der Waals surface area contributed by atoms with Crippen molar-refractivity contribution < 1.29 is 9.59 Å². The number of carbonyl (C=O) groups excluding carboxylic acids is 2. The van der Waals surface area contributed by atoms with Crippen LogP contribution in [0, 0.1) is 33.5 Å². The van der Waals surface area contributed by atoms with Gasteiger partial charge in [0.15, 0.2) is 0 Å². The molecule has 32 heavy (non-hydrogen) atoms. The van der Waals surface area contributed by atoms with E-state index in [1.807, 2.05) is 0 Å². The van der Waals surface area contributed by atoms with Gasteiger partial charge in [-0.1, -0.05) is 20.8 Å². The van der Waals surface area contributed by atoms with Gasteiger partial charge in [-0.3, -0.25) is 9.59 Å². The zero-order valence-electron chi connectivity index (χ0n) is 19.8. The van der Waals surface area contributed by atoms with Crippen LogP contribution in [-0.2, 0) is 9.59 Å². The molecule has 2 heterocycles. The summed E-state index contributed by atoms with van der Waals surface area (Å²) in [6.45, 7) is 9.38. The van der Waals surface area contributed by atoms with Gasteiger partial charge in [-0.25, -0.2) is 0 Å². The first-order valence-electron chi connectivity index (χ1n) is 12.0. The van der Waals surface area contributed by atoms with Crippen molar-refractivity contribution >= 4 is 11.8 Å². The van der Waals surface area contributed by atoms with E-state index in [1.54, 1.807) is 9.80 Å². The zero-order chi connectivity index (χ0) is 23.4. The van der Waals surface area contributed by atoms with Crippen molar-refractivity contribution in [2.24, 2.45) is 10.8 Å². The van der Waals surface area contributed by atoms with E-state index >= 15 is 0 Å². The van der Waals surface area contributed by atoms with E-state index in [4.69, 9.17) is 0 Å². The summed E-state index contributed by atoms with van der Waals surface area (Å²) < 4.78 is 0. The molecule has 0 aromatic rings. The van der Waals surface area contributed by atoms with E-state index < -0.39 is 0 Å². The van der Waals surface area contributed by atoms with Crippen molar-refractivity contribution in [3.63, 3.8) is 0 Å². The lowest BCUT2D eigenvalue weighted by molar-refractivity contribution is -0.131. The minimum absolute atomic E-state index is 0.00518. The van der Waals surface area contributed by atoms with Crippen LogP contribution in [0.25, 0.3) is 0 Å². The molecule has 2 N–H and O–H groups in total. The third-order valence-corrected chi connectivity index (χ3v) is 7.26. The first-order chi connectivity index (χ1) is 15.2. The first kappa shape index (κ1) is 24.5. The number of likely N-dealkylation sites (tertiary alicyclic amines) is 2. The molecule has 2 saturated heterocycles. The van der Waals surface area contributed by atoms with E-state index in [0.29, 0.717) is 13.1 Å². The molecule has 8 heteroatoms. The summed E-state index contributed by atoms with van der Waals surface area (Å²) in [4.78, 5) is 28.6. The fourth-order valence-electron chi connectivity index (χ4n) is 6.22. The Morgan fingerprint density at radius 2 is 1.50 bits per heavy atom. The highest BCUT2D eigenvalue weighted by atomic mass is 16.2. The Kier molecular flexibility index (Phi) is 7.79. The molecule has 0 aromatic carbocycles. The number of nitrogens with one attached hydrogen (secondary N) is 2. The summed E-state index contributed by atoms with van der Waals surface area (Å²) in [5, 5.41) is 25.3. The number of nitriles is 2. The lowest BCUT2D eigenvalue weighted by Gasteiger charge is -2.47. The van der Waals surface area contributed by atoms with Crippen molar-refractivity contribution in [2.75, 3.05) is 32.7 Å². The molecule has 3 rings (SSSR count). The quantitative estimate of drug-likeness (QED) is 0.622. The zero-order valence-corrected chi connectivity index (χ0v) is 19.8. The Labute approximate surface area is 192 Å². The lowest BCUT2D eigenvalue weighted by Crippen LogP contribution is -2.51. The van der Waals surface area contributed by atoms with E-state index in [-0.39, 0.29) is 53.9 Å². The standard InChI is InChI=1S/C24H38N6O2/c1-23(2)10-18(28-15-22(32)30-9-5-7-20(30)13-26)11-24(3,16-23)17-27-14-21(31)29-8-4-6-19(29)12-25/h18-20,27-28H,4-11,14-17H2,1-3H3. The number of amides is 2. The van der Waals surface area contributed by atoms with Crippen LogP contribution in [0.1, 0.15) is 65.7 Å². The third kappa shape index (κ3) is 5.99. The van der Waals surface area contributed by atoms with Crippen LogP contribution in [0.15, 0.2) is 0 Å². The minimum Gasteiger partial charge on any atom is -0.326 e. The molecule has 3 fully saturated rings. The maximum absolute atomic E-state index is 12.6. The number of carbonyl (C=O) groups is 2. The average Bonchev–Trinajstić information content (AvgIpc) is 3.39. The van der Waals surface area contributed by atoms with Gasteiger partial charge in [0.1, 0.15) is 12.1 Å². The second-order valence-electron chi connectivity index (χ2n) is 11.0. The number of rotatable bonds is 7. The van der Waals surface area contributed by atoms with Crippen molar-refractivity contribution in [3.05, 3.63) is 0 Å². The topological polar surface area (TPSA) is 112 Å². The predicted molar refractivity (Wildman–Crippen MR) is 121 cm³/mol. The van der Waals surface area contributed by atoms with Gasteiger partial charge in [-0.15, -0.1) is 0 Å². The summed E-state index contributed by atoms with van der Waals surface area (Å²) >= 11 is 0. The Morgan fingerprint density at radius 1 is 0.938 bits per heavy atom. The van der Waals surface area contributed by atoms with Gasteiger partial charge in [0.2, 0.25) is 11.8 Å². The molecule has 0 bridgehead atoms. The van der Waals surface area contributed by atoms with Gasteiger partial charge in [0.25, 0.3) is 0 Å². The summed E-state index contributed by atoms with van der Waals surface area (Å²) in [6, 6.07) is 4.12. The second-order valence-corrected chi connectivity index (χ2v) is 11.0. The molecule has 0 aromatic heterocycles. The molecule has 176 valence electrons. The lowest BCUT2D eigenvalue weighted by atomic mass is 9.62. The minimum atomic E-state index is -0.282. The molecule has 2 amide bonds. The fraction of sp³-hybridized carbons (Fsp3) is 0.833. The Hall–Kier alpha value is -2.16. The van der Waals surface area contributed by atoms with Gasteiger partial charge < -0.3 is 20.4 Å². The highest BCUT2D eigenvalue weighted by molar-refractivity contribution is 5.79. The number of hydrogen-bond acceptors (Lipinski definition) is 6. The van der Waals surface area contributed by atoms with Crippen LogP contribution >= 0.6 is 0 Å². The second kappa shape index (κ2) is 10.2. The summed E-state index contributed by atoms with van der Waals surface area (Å²) in [6.07, 6.45) is 6.30. The first-order valence-corrected chi connectivity index (χ1v) is 12.0. The SMILES string of the molecule is CC1(C)CC(NCC(=O)N2CCCC2C#N)CC(C)(CNCC(=O)N2CCCC2C#N)C1. The molecule has 2 aliphatic heterocycles. The summed E-state index contributed by atoms with van der Waals surface area (Å²) in [5.41, 5.74) is 0.133. The largest absolute Gasteiger partial charge is 0.326 e. The highest BCUT2D eigenvalue weighted by Gasteiger charge is 2.41. The highest BCUT2D eigenvalue weighted by Crippen LogP contribution is 2.45. The maximum Gasteiger partial charge on any atom is 0.237 e. The molecular formula is C24H38N6O2. The molecule has 8 nitrogen and oxygen atoms in total. The Bertz CT molecular complexity index is 784. The van der Waals surface area contributed by atoms with Crippen LogP contribution in [0.5, 0.6) is 0 Å². The van der Waals surface area contributed by atoms with Gasteiger partial charge in [0, 0.05) is 25.7 Å². The maximum atomic E-state index is 12.6. The molecule has 0 radical (unpaired) electrons. The molecule has 4 atom stereocenters. The average molecular weight is 443 g/mol. The monoisotopic (exact) mass is 442 g/mol. The molecule has 3 aliphatic rings.